The zero-order valence-electron chi connectivity index (χ0n) is 6.99. The molecule has 0 saturated carbocycles. The van der Waals surface area contributed by atoms with Crippen LogP contribution in [-0.2, 0) is 11.8 Å². The number of halogens is 1. The Morgan fingerprint density at radius 3 is 2.55 bits per heavy atom. The van der Waals surface area contributed by atoms with Gasteiger partial charge in [-0.15, -0.1) is 0 Å². The SMILES string of the molecule is COC(C)n1cc[n+](C)c1.[I-]. The number of nitrogens with zero attached hydrogens (tertiary/aromatic N) is 2. The predicted molar refractivity (Wildman–Crippen MR) is 37.3 cm³/mol. The predicted octanol–water partition coefficient (Wildman–Crippen LogP) is -2.52. The van der Waals surface area contributed by atoms with E-state index in [-0.39, 0.29) is 30.2 Å². The number of aromatic nitrogens is 2. The van der Waals surface area contributed by atoms with Crippen LogP contribution in [0.1, 0.15) is 13.2 Å². The number of imidazole rings is 1. The molecule has 0 fully saturated rings. The molecule has 0 aliphatic heterocycles. The molecule has 3 nitrogen and oxygen atoms in total. The maximum atomic E-state index is 5.10. The second-order valence-corrected chi connectivity index (χ2v) is 2.36. The Bertz CT molecular complexity index is 212. The van der Waals surface area contributed by atoms with Crippen LogP contribution in [0.4, 0.5) is 0 Å². The highest BCUT2D eigenvalue weighted by Gasteiger charge is 2.06. The minimum absolute atomic E-state index is 0. The minimum atomic E-state index is 0. The van der Waals surface area contributed by atoms with Crippen molar-refractivity contribution in [3.8, 4) is 0 Å². The Morgan fingerprint density at radius 2 is 2.18 bits per heavy atom. The van der Waals surface area contributed by atoms with Crippen molar-refractivity contribution in [1.29, 1.82) is 0 Å². The van der Waals surface area contributed by atoms with Gasteiger partial charge in [-0.2, -0.15) is 0 Å². The van der Waals surface area contributed by atoms with Crippen molar-refractivity contribution in [3.05, 3.63) is 18.7 Å². The lowest BCUT2D eigenvalue weighted by atomic mass is 10.6. The summed E-state index contributed by atoms with van der Waals surface area (Å²) in [6, 6.07) is 0. The van der Waals surface area contributed by atoms with Crippen molar-refractivity contribution in [2.24, 2.45) is 7.05 Å². The summed E-state index contributed by atoms with van der Waals surface area (Å²) in [5.41, 5.74) is 0. The fourth-order valence-corrected chi connectivity index (χ4v) is 0.806. The molecule has 1 atom stereocenters. The highest BCUT2D eigenvalue weighted by molar-refractivity contribution is 4.67. The number of rotatable bonds is 2. The molecule has 1 aromatic rings. The van der Waals surface area contributed by atoms with E-state index >= 15 is 0 Å². The number of hydrogen-bond donors (Lipinski definition) is 0. The van der Waals surface area contributed by atoms with Gasteiger partial charge in [0.05, 0.1) is 7.05 Å². The summed E-state index contributed by atoms with van der Waals surface area (Å²) < 4.78 is 9.08. The second kappa shape index (κ2) is 4.71. The minimum Gasteiger partial charge on any atom is -1.00 e. The molecule has 0 aliphatic carbocycles. The molecule has 64 valence electrons. The summed E-state index contributed by atoms with van der Waals surface area (Å²) in [7, 11) is 3.68. The Hall–Kier alpha value is -0.100. The van der Waals surface area contributed by atoms with Gasteiger partial charge in [0.15, 0.2) is 6.23 Å². The van der Waals surface area contributed by atoms with Crippen LogP contribution < -0.4 is 28.5 Å². The highest BCUT2D eigenvalue weighted by Crippen LogP contribution is 2.01. The fourth-order valence-electron chi connectivity index (χ4n) is 0.806. The van der Waals surface area contributed by atoms with Gasteiger partial charge in [-0.3, -0.25) is 0 Å². The van der Waals surface area contributed by atoms with Gasteiger partial charge in [0, 0.05) is 14.0 Å². The Morgan fingerprint density at radius 1 is 1.55 bits per heavy atom. The molecule has 1 heterocycles. The maximum Gasteiger partial charge on any atom is 0.245 e. The van der Waals surface area contributed by atoms with Crippen molar-refractivity contribution in [2.45, 2.75) is 13.2 Å². The highest BCUT2D eigenvalue weighted by atomic mass is 127. The van der Waals surface area contributed by atoms with Gasteiger partial charge >= 0.3 is 0 Å². The van der Waals surface area contributed by atoms with Gasteiger partial charge in [0.25, 0.3) is 0 Å². The number of methoxy groups -OCH3 is 1. The van der Waals surface area contributed by atoms with E-state index in [0.717, 1.165) is 0 Å². The molecule has 0 aromatic carbocycles. The normalized spacial score (nSPS) is 12.3. The molecular weight excluding hydrogens is 255 g/mol. The molecule has 11 heavy (non-hydrogen) atoms. The fraction of sp³-hybridized carbons (Fsp3) is 0.571. The van der Waals surface area contributed by atoms with Crippen LogP contribution in [0, 0.1) is 0 Å². The molecule has 0 N–H and O–H groups in total. The van der Waals surface area contributed by atoms with Gasteiger partial charge in [0.2, 0.25) is 6.33 Å². The van der Waals surface area contributed by atoms with Crippen molar-refractivity contribution in [3.63, 3.8) is 0 Å². The van der Waals surface area contributed by atoms with Gasteiger partial charge in [-0.1, -0.05) is 0 Å². The van der Waals surface area contributed by atoms with E-state index in [1.165, 1.54) is 0 Å². The van der Waals surface area contributed by atoms with Crippen molar-refractivity contribution in [1.82, 2.24) is 4.57 Å². The van der Waals surface area contributed by atoms with E-state index in [9.17, 15) is 0 Å². The largest absolute Gasteiger partial charge is 1.00 e. The molecular formula is C7H13IN2O. The van der Waals surface area contributed by atoms with Gasteiger partial charge in [-0.05, 0) is 0 Å². The summed E-state index contributed by atoms with van der Waals surface area (Å²) in [5.74, 6) is 0. The molecule has 1 aromatic heterocycles. The van der Waals surface area contributed by atoms with Crippen LogP contribution in [0.3, 0.4) is 0 Å². The van der Waals surface area contributed by atoms with E-state index in [1.54, 1.807) is 7.11 Å². The Kier molecular flexibility index (Phi) is 4.67. The van der Waals surface area contributed by atoms with E-state index in [0.29, 0.717) is 0 Å². The smallest absolute Gasteiger partial charge is 0.245 e. The monoisotopic (exact) mass is 268 g/mol. The third-order valence-electron chi connectivity index (χ3n) is 1.55. The number of hydrogen-bond acceptors (Lipinski definition) is 1. The average molecular weight is 268 g/mol. The summed E-state index contributed by atoms with van der Waals surface area (Å²) in [5, 5.41) is 0. The van der Waals surface area contributed by atoms with E-state index in [4.69, 9.17) is 4.74 Å². The number of aryl methyl sites for hydroxylation is 1. The third-order valence-corrected chi connectivity index (χ3v) is 1.55. The topological polar surface area (TPSA) is 18.0 Å². The standard InChI is InChI=1S/C7H13N2O.HI/c1-7(10-3)9-5-4-8(2)6-9;/h4-7H,1-3H3;1H/q+1;/p-1. The summed E-state index contributed by atoms with van der Waals surface area (Å²) in [6.45, 7) is 2.00. The molecule has 1 rings (SSSR count). The van der Waals surface area contributed by atoms with Gasteiger partial charge in [0.1, 0.15) is 12.4 Å². The van der Waals surface area contributed by atoms with Crippen LogP contribution in [0.2, 0.25) is 0 Å². The lowest BCUT2D eigenvalue weighted by Gasteiger charge is -2.02. The second-order valence-electron chi connectivity index (χ2n) is 2.36. The lowest BCUT2D eigenvalue weighted by Crippen LogP contribution is -3.00. The summed E-state index contributed by atoms with van der Waals surface area (Å²) >= 11 is 0. The first-order chi connectivity index (χ1) is 4.74. The zero-order valence-corrected chi connectivity index (χ0v) is 9.15. The molecule has 0 aliphatic rings. The maximum absolute atomic E-state index is 5.10. The summed E-state index contributed by atoms with van der Waals surface area (Å²) in [4.78, 5) is 0. The van der Waals surface area contributed by atoms with Gasteiger partial charge < -0.3 is 28.7 Å². The molecule has 0 spiro atoms. The van der Waals surface area contributed by atoms with E-state index in [2.05, 4.69) is 0 Å². The molecule has 4 heteroatoms. The Balaban J connectivity index is 0.000001000. The van der Waals surface area contributed by atoms with E-state index < -0.39 is 0 Å². The van der Waals surface area contributed by atoms with E-state index in [1.807, 2.05) is 41.8 Å². The van der Waals surface area contributed by atoms with Crippen LogP contribution in [0.5, 0.6) is 0 Å². The average Bonchev–Trinajstić information content (AvgIpc) is 2.34. The Labute approximate surface area is 84.0 Å². The molecule has 0 radical (unpaired) electrons. The first-order valence-electron chi connectivity index (χ1n) is 3.29. The van der Waals surface area contributed by atoms with Crippen molar-refractivity contribution >= 4 is 0 Å². The molecule has 0 bridgehead atoms. The molecule has 1 unspecified atom stereocenters. The summed E-state index contributed by atoms with van der Waals surface area (Å²) in [6.07, 6.45) is 6.07. The lowest BCUT2D eigenvalue weighted by molar-refractivity contribution is -0.671. The van der Waals surface area contributed by atoms with Crippen LogP contribution in [0.25, 0.3) is 0 Å². The quantitative estimate of drug-likeness (QED) is 0.428. The first kappa shape index (κ1) is 10.9. The van der Waals surface area contributed by atoms with Crippen molar-refractivity contribution < 1.29 is 33.3 Å². The number of ether oxygens (including phenoxy) is 1. The third kappa shape index (κ3) is 2.78. The van der Waals surface area contributed by atoms with Crippen molar-refractivity contribution in [2.75, 3.05) is 7.11 Å². The molecule has 0 saturated heterocycles. The first-order valence-corrected chi connectivity index (χ1v) is 3.29. The zero-order chi connectivity index (χ0) is 7.56. The van der Waals surface area contributed by atoms with Gasteiger partial charge in [-0.25, -0.2) is 9.13 Å². The van der Waals surface area contributed by atoms with Crippen LogP contribution in [0.15, 0.2) is 18.7 Å². The van der Waals surface area contributed by atoms with Crippen LogP contribution >= 0.6 is 0 Å². The van der Waals surface area contributed by atoms with Crippen LogP contribution in [-0.4, -0.2) is 11.7 Å². The molecule has 0 amide bonds.